The predicted molar refractivity (Wildman–Crippen MR) is 67.1 cm³/mol. The van der Waals surface area contributed by atoms with Gasteiger partial charge in [-0.05, 0) is 45.4 Å². The minimum Gasteiger partial charge on any atom is -0.464 e. The zero-order valence-electron chi connectivity index (χ0n) is 10.8. The van der Waals surface area contributed by atoms with Gasteiger partial charge in [-0.25, -0.2) is 0 Å². The van der Waals surface area contributed by atoms with Crippen molar-refractivity contribution >= 4 is 0 Å². The number of nitrogens with two attached hydrogens (primary N) is 1. The smallest absolute Gasteiger partial charge is 0.130 e. The number of aryl methyl sites for hydroxylation is 2. The maximum Gasteiger partial charge on any atom is 0.130 e. The Bertz CT molecular complexity index is 525. The summed E-state index contributed by atoms with van der Waals surface area (Å²) in [5.41, 5.74) is 9.26. The molecule has 2 rings (SSSR count). The van der Waals surface area contributed by atoms with Crippen molar-refractivity contribution in [3.8, 4) is 0 Å². The van der Waals surface area contributed by atoms with Crippen molar-refractivity contribution < 1.29 is 4.42 Å². The lowest BCUT2D eigenvalue weighted by Gasteiger charge is -2.15. The van der Waals surface area contributed by atoms with Crippen molar-refractivity contribution in [1.82, 2.24) is 9.78 Å². The molecular formula is C13H19N3O. The zero-order valence-corrected chi connectivity index (χ0v) is 10.8. The highest BCUT2D eigenvalue weighted by molar-refractivity contribution is 5.24. The molecule has 0 aliphatic rings. The second-order valence-electron chi connectivity index (χ2n) is 4.44. The second kappa shape index (κ2) is 4.37. The van der Waals surface area contributed by atoms with Gasteiger partial charge in [0.2, 0.25) is 0 Å². The molecule has 0 saturated carbocycles. The third kappa shape index (κ3) is 2.00. The van der Waals surface area contributed by atoms with E-state index in [1.54, 1.807) is 0 Å². The van der Waals surface area contributed by atoms with Crippen LogP contribution in [0.2, 0.25) is 0 Å². The lowest BCUT2D eigenvalue weighted by molar-refractivity contribution is 0.393. The number of nitrogens with zero attached hydrogens (tertiary/aromatic N) is 2. The van der Waals surface area contributed by atoms with Crippen LogP contribution in [-0.2, 0) is 0 Å². The number of aromatic nitrogens is 2. The first-order valence-corrected chi connectivity index (χ1v) is 5.83. The normalized spacial score (nSPS) is 13.0. The summed E-state index contributed by atoms with van der Waals surface area (Å²) in [5, 5.41) is 4.54. The molecule has 4 heteroatoms. The molecule has 0 bridgehead atoms. The number of rotatable bonds is 3. The van der Waals surface area contributed by atoms with Crippen LogP contribution in [0.1, 0.15) is 34.5 Å². The van der Waals surface area contributed by atoms with Crippen LogP contribution >= 0.6 is 0 Å². The van der Waals surface area contributed by atoms with Gasteiger partial charge in [-0.15, -0.1) is 0 Å². The van der Waals surface area contributed by atoms with Gasteiger partial charge >= 0.3 is 0 Å². The average molecular weight is 233 g/mol. The van der Waals surface area contributed by atoms with E-state index < -0.39 is 0 Å². The van der Waals surface area contributed by atoms with Crippen molar-refractivity contribution in [3.63, 3.8) is 0 Å². The fourth-order valence-corrected chi connectivity index (χ4v) is 2.02. The molecule has 2 N–H and O–H groups in total. The molecule has 0 aliphatic carbocycles. The van der Waals surface area contributed by atoms with Gasteiger partial charge < -0.3 is 10.2 Å². The summed E-state index contributed by atoms with van der Waals surface area (Å²) in [4.78, 5) is 0. The van der Waals surface area contributed by atoms with Crippen LogP contribution in [0.25, 0.3) is 0 Å². The summed E-state index contributed by atoms with van der Waals surface area (Å²) in [6, 6.07) is 3.91. The standard InChI is InChI=1S/C13H19N3O/c1-8-5-6-13(17-8)12(7-14)16-11(4)9(2)10(3)15-16/h5-6,12H,7,14H2,1-4H3. The van der Waals surface area contributed by atoms with E-state index in [0.717, 1.165) is 22.9 Å². The number of furan rings is 1. The van der Waals surface area contributed by atoms with E-state index >= 15 is 0 Å². The molecule has 0 aromatic carbocycles. The van der Waals surface area contributed by atoms with Gasteiger partial charge in [-0.1, -0.05) is 0 Å². The van der Waals surface area contributed by atoms with Crippen molar-refractivity contribution in [3.05, 3.63) is 40.6 Å². The first kappa shape index (κ1) is 11.9. The molecule has 2 aromatic rings. The Morgan fingerprint density at radius 3 is 2.41 bits per heavy atom. The van der Waals surface area contributed by atoms with E-state index in [2.05, 4.69) is 18.9 Å². The van der Waals surface area contributed by atoms with Gasteiger partial charge in [-0.3, -0.25) is 4.68 Å². The number of hydrogen-bond donors (Lipinski definition) is 1. The molecule has 1 unspecified atom stereocenters. The molecule has 0 aliphatic heterocycles. The van der Waals surface area contributed by atoms with Crippen LogP contribution in [-0.4, -0.2) is 16.3 Å². The van der Waals surface area contributed by atoms with Gasteiger partial charge in [0, 0.05) is 12.2 Å². The summed E-state index contributed by atoms with van der Waals surface area (Å²) in [6.07, 6.45) is 0. The largest absolute Gasteiger partial charge is 0.464 e. The van der Waals surface area contributed by atoms with Crippen molar-refractivity contribution in [1.29, 1.82) is 0 Å². The highest BCUT2D eigenvalue weighted by Gasteiger charge is 2.20. The molecule has 17 heavy (non-hydrogen) atoms. The van der Waals surface area contributed by atoms with E-state index in [4.69, 9.17) is 10.2 Å². The second-order valence-corrected chi connectivity index (χ2v) is 4.44. The van der Waals surface area contributed by atoms with Crippen molar-refractivity contribution in [2.45, 2.75) is 33.7 Å². The van der Waals surface area contributed by atoms with Crippen LogP contribution < -0.4 is 5.73 Å². The monoisotopic (exact) mass is 233 g/mol. The van der Waals surface area contributed by atoms with E-state index in [-0.39, 0.29) is 6.04 Å². The number of hydrogen-bond acceptors (Lipinski definition) is 3. The van der Waals surface area contributed by atoms with Crippen LogP contribution in [0.5, 0.6) is 0 Å². The Hall–Kier alpha value is -1.55. The Kier molecular flexibility index (Phi) is 3.07. The maximum absolute atomic E-state index is 5.85. The van der Waals surface area contributed by atoms with Gasteiger partial charge in [-0.2, -0.15) is 5.10 Å². The van der Waals surface area contributed by atoms with Gasteiger partial charge in [0.1, 0.15) is 17.6 Å². The molecule has 0 spiro atoms. The molecule has 1 atom stereocenters. The lowest BCUT2D eigenvalue weighted by Crippen LogP contribution is -2.22. The van der Waals surface area contributed by atoms with Crippen LogP contribution in [0.3, 0.4) is 0 Å². The molecule has 0 amide bonds. The van der Waals surface area contributed by atoms with E-state index in [1.165, 1.54) is 5.56 Å². The molecule has 0 radical (unpaired) electrons. The maximum atomic E-state index is 5.85. The quantitative estimate of drug-likeness (QED) is 0.884. The van der Waals surface area contributed by atoms with Gasteiger partial charge in [0.15, 0.2) is 0 Å². The highest BCUT2D eigenvalue weighted by atomic mass is 16.3. The minimum absolute atomic E-state index is 0.0175. The third-order valence-corrected chi connectivity index (χ3v) is 3.29. The third-order valence-electron chi connectivity index (χ3n) is 3.29. The highest BCUT2D eigenvalue weighted by Crippen LogP contribution is 2.23. The first-order chi connectivity index (χ1) is 8.04. The molecular weight excluding hydrogens is 214 g/mol. The Morgan fingerprint density at radius 2 is 2.00 bits per heavy atom. The summed E-state index contributed by atoms with van der Waals surface area (Å²) in [6.45, 7) is 8.57. The molecule has 0 fully saturated rings. The SMILES string of the molecule is Cc1ccc(C(CN)n2nc(C)c(C)c2C)o1. The predicted octanol–water partition coefficient (Wildman–Crippen LogP) is 2.26. The molecule has 2 heterocycles. The molecule has 4 nitrogen and oxygen atoms in total. The summed E-state index contributed by atoms with van der Waals surface area (Å²) in [7, 11) is 0. The van der Waals surface area contributed by atoms with Crippen LogP contribution in [0.4, 0.5) is 0 Å². The first-order valence-electron chi connectivity index (χ1n) is 5.83. The van der Waals surface area contributed by atoms with Crippen molar-refractivity contribution in [2.75, 3.05) is 6.54 Å². The fraction of sp³-hybridized carbons (Fsp3) is 0.462. The summed E-state index contributed by atoms with van der Waals surface area (Å²) in [5.74, 6) is 1.77. The van der Waals surface area contributed by atoms with Crippen LogP contribution in [0.15, 0.2) is 16.5 Å². The van der Waals surface area contributed by atoms with Crippen molar-refractivity contribution in [2.24, 2.45) is 5.73 Å². The topological polar surface area (TPSA) is 57.0 Å². The average Bonchev–Trinajstić information content (AvgIpc) is 2.82. The fourth-order valence-electron chi connectivity index (χ4n) is 2.02. The van der Waals surface area contributed by atoms with E-state index in [1.807, 2.05) is 30.7 Å². The van der Waals surface area contributed by atoms with E-state index in [9.17, 15) is 0 Å². The summed E-state index contributed by atoms with van der Waals surface area (Å²) < 4.78 is 7.62. The Balaban J connectivity index is 2.45. The Morgan fingerprint density at radius 1 is 1.29 bits per heavy atom. The Labute approximate surface area is 101 Å². The van der Waals surface area contributed by atoms with Crippen LogP contribution in [0, 0.1) is 27.7 Å². The summed E-state index contributed by atoms with van der Waals surface area (Å²) >= 11 is 0. The van der Waals surface area contributed by atoms with E-state index in [0.29, 0.717) is 6.54 Å². The molecule has 92 valence electrons. The van der Waals surface area contributed by atoms with Gasteiger partial charge in [0.25, 0.3) is 0 Å². The molecule has 2 aromatic heterocycles. The lowest BCUT2D eigenvalue weighted by atomic mass is 10.2. The zero-order chi connectivity index (χ0) is 12.6. The minimum atomic E-state index is -0.0175. The van der Waals surface area contributed by atoms with Gasteiger partial charge in [0.05, 0.1) is 5.69 Å². The molecule has 0 saturated heterocycles.